The van der Waals surface area contributed by atoms with Gasteiger partial charge >= 0.3 is 0 Å². The summed E-state index contributed by atoms with van der Waals surface area (Å²) in [6.45, 7) is 1.86. The summed E-state index contributed by atoms with van der Waals surface area (Å²) in [7, 11) is 0. The molecule has 1 aliphatic heterocycles. The van der Waals surface area contributed by atoms with E-state index in [1.807, 2.05) is 37.3 Å². The lowest BCUT2D eigenvalue weighted by Crippen LogP contribution is -2.20. The third-order valence-corrected chi connectivity index (χ3v) is 2.89. The summed E-state index contributed by atoms with van der Waals surface area (Å²) >= 11 is 4.12. The number of benzene rings is 1. The molecule has 4 heteroatoms. The number of rotatable bonds is 2. The third-order valence-electron chi connectivity index (χ3n) is 2.56. The Morgan fingerprint density at radius 3 is 2.60 bits per heavy atom. The van der Waals surface area contributed by atoms with E-state index >= 15 is 0 Å². The number of aldehydes is 1. The van der Waals surface area contributed by atoms with E-state index < -0.39 is 5.54 Å². The third kappa shape index (κ3) is 1.51. The molecule has 1 aromatic rings. The standard InChI is InChI=1S/C11H10N2OS/c1-11(8-5-3-2-4-6-8)9(7-14)10(15)12-13-11/h2-7,15H,1H3. The van der Waals surface area contributed by atoms with Crippen LogP contribution in [0.25, 0.3) is 0 Å². The van der Waals surface area contributed by atoms with Crippen LogP contribution in [0.1, 0.15) is 12.5 Å². The van der Waals surface area contributed by atoms with Crippen LogP contribution < -0.4 is 0 Å². The summed E-state index contributed by atoms with van der Waals surface area (Å²) in [5, 5.41) is 8.37. The van der Waals surface area contributed by atoms with E-state index in [-0.39, 0.29) is 0 Å². The van der Waals surface area contributed by atoms with E-state index in [1.54, 1.807) is 0 Å². The Labute approximate surface area is 93.3 Å². The second kappa shape index (κ2) is 3.62. The number of azo groups is 1. The van der Waals surface area contributed by atoms with Crippen molar-refractivity contribution in [1.82, 2.24) is 0 Å². The number of carbonyl (C=O) groups is 1. The molecule has 1 unspecified atom stereocenters. The predicted molar refractivity (Wildman–Crippen MR) is 60.7 cm³/mol. The van der Waals surface area contributed by atoms with Crippen LogP contribution in [0, 0.1) is 0 Å². The monoisotopic (exact) mass is 218 g/mol. The molecular weight excluding hydrogens is 208 g/mol. The van der Waals surface area contributed by atoms with Gasteiger partial charge in [0.15, 0.2) is 6.29 Å². The van der Waals surface area contributed by atoms with Crippen molar-refractivity contribution in [3.05, 3.63) is 46.5 Å². The van der Waals surface area contributed by atoms with Crippen LogP contribution in [0.3, 0.4) is 0 Å². The number of carbonyl (C=O) groups excluding carboxylic acids is 1. The van der Waals surface area contributed by atoms with E-state index in [2.05, 4.69) is 22.9 Å². The summed E-state index contributed by atoms with van der Waals surface area (Å²) in [6.07, 6.45) is 0.773. The molecule has 0 saturated heterocycles. The topological polar surface area (TPSA) is 41.8 Å². The summed E-state index contributed by atoms with van der Waals surface area (Å²) in [5.41, 5.74) is 0.775. The molecule has 0 amide bonds. The molecule has 0 bridgehead atoms. The zero-order valence-electron chi connectivity index (χ0n) is 8.21. The molecule has 15 heavy (non-hydrogen) atoms. The molecule has 3 nitrogen and oxygen atoms in total. The molecule has 1 aromatic carbocycles. The van der Waals surface area contributed by atoms with Gasteiger partial charge in [0.05, 0.1) is 5.57 Å². The number of hydrogen-bond donors (Lipinski definition) is 1. The smallest absolute Gasteiger partial charge is 0.151 e. The highest BCUT2D eigenvalue weighted by Gasteiger charge is 2.36. The maximum Gasteiger partial charge on any atom is 0.151 e. The predicted octanol–water partition coefficient (Wildman–Crippen LogP) is 2.71. The molecule has 1 heterocycles. The Hall–Kier alpha value is -1.42. The molecule has 0 fully saturated rings. The van der Waals surface area contributed by atoms with Crippen LogP contribution in [0.15, 0.2) is 51.2 Å². The van der Waals surface area contributed by atoms with E-state index in [0.717, 1.165) is 11.8 Å². The normalized spacial score (nSPS) is 24.7. The molecule has 0 radical (unpaired) electrons. The molecule has 0 spiro atoms. The van der Waals surface area contributed by atoms with Gasteiger partial charge in [-0.1, -0.05) is 30.3 Å². The fourth-order valence-electron chi connectivity index (χ4n) is 1.62. The minimum Gasteiger partial charge on any atom is -0.298 e. The zero-order valence-corrected chi connectivity index (χ0v) is 9.11. The highest BCUT2D eigenvalue weighted by Crippen LogP contribution is 2.40. The molecule has 0 saturated carbocycles. The van der Waals surface area contributed by atoms with Gasteiger partial charge in [-0.2, -0.15) is 5.11 Å². The Balaban J connectivity index is 2.54. The van der Waals surface area contributed by atoms with Gasteiger partial charge in [0.2, 0.25) is 0 Å². The summed E-state index contributed by atoms with van der Waals surface area (Å²) in [6, 6.07) is 9.60. The fourth-order valence-corrected chi connectivity index (χ4v) is 1.93. The maximum atomic E-state index is 11.0. The van der Waals surface area contributed by atoms with E-state index in [0.29, 0.717) is 10.6 Å². The van der Waals surface area contributed by atoms with Crippen LogP contribution in [0.4, 0.5) is 0 Å². The lowest BCUT2D eigenvalue weighted by molar-refractivity contribution is -0.105. The van der Waals surface area contributed by atoms with E-state index in [9.17, 15) is 4.79 Å². The van der Waals surface area contributed by atoms with Crippen LogP contribution in [0.2, 0.25) is 0 Å². The molecule has 2 rings (SSSR count). The van der Waals surface area contributed by atoms with Crippen molar-refractivity contribution >= 4 is 18.9 Å². The zero-order chi connectivity index (χ0) is 10.9. The first-order valence-electron chi connectivity index (χ1n) is 4.56. The lowest BCUT2D eigenvalue weighted by atomic mass is 9.87. The Morgan fingerprint density at radius 2 is 2.00 bits per heavy atom. The largest absolute Gasteiger partial charge is 0.298 e. The van der Waals surface area contributed by atoms with Gasteiger partial charge in [0, 0.05) is 0 Å². The van der Waals surface area contributed by atoms with Crippen molar-refractivity contribution in [2.75, 3.05) is 0 Å². The molecule has 0 aliphatic carbocycles. The summed E-state index contributed by atoms with van der Waals surface area (Å²) in [4.78, 5) is 11.0. The molecule has 1 atom stereocenters. The minimum absolute atomic E-state index is 0.399. The van der Waals surface area contributed by atoms with Crippen molar-refractivity contribution in [3.63, 3.8) is 0 Å². The summed E-state index contributed by atoms with van der Waals surface area (Å²) in [5.74, 6) is 0. The van der Waals surface area contributed by atoms with Crippen LogP contribution in [-0.2, 0) is 10.3 Å². The van der Waals surface area contributed by atoms with Crippen molar-refractivity contribution in [2.45, 2.75) is 12.5 Å². The average molecular weight is 218 g/mol. The second-order valence-electron chi connectivity index (χ2n) is 3.49. The van der Waals surface area contributed by atoms with Gasteiger partial charge in [-0.05, 0) is 12.5 Å². The Morgan fingerprint density at radius 1 is 1.33 bits per heavy atom. The molecular formula is C11H10N2OS. The highest BCUT2D eigenvalue weighted by atomic mass is 32.1. The van der Waals surface area contributed by atoms with Gasteiger partial charge in [0.1, 0.15) is 10.6 Å². The van der Waals surface area contributed by atoms with Crippen molar-refractivity contribution in [2.24, 2.45) is 10.2 Å². The summed E-state index contributed by atoms with van der Waals surface area (Å²) < 4.78 is 0. The maximum absolute atomic E-state index is 11.0. The van der Waals surface area contributed by atoms with Gasteiger partial charge < -0.3 is 0 Å². The average Bonchev–Trinajstić information content (AvgIpc) is 2.57. The van der Waals surface area contributed by atoms with Crippen molar-refractivity contribution in [1.29, 1.82) is 0 Å². The van der Waals surface area contributed by atoms with Gasteiger partial charge in [-0.3, -0.25) is 4.79 Å². The molecule has 1 aliphatic rings. The van der Waals surface area contributed by atoms with Gasteiger partial charge in [-0.15, -0.1) is 17.7 Å². The van der Waals surface area contributed by atoms with E-state index in [4.69, 9.17) is 0 Å². The Kier molecular flexibility index (Phi) is 2.44. The van der Waals surface area contributed by atoms with Crippen molar-refractivity contribution in [3.8, 4) is 0 Å². The fraction of sp³-hybridized carbons (Fsp3) is 0.182. The number of nitrogens with zero attached hydrogens (tertiary/aromatic N) is 2. The first kappa shape index (κ1) is 10.1. The van der Waals surface area contributed by atoms with Crippen LogP contribution in [0.5, 0.6) is 0 Å². The minimum atomic E-state index is -0.680. The van der Waals surface area contributed by atoms with Crippen LogP contribution in [-0.4, -0.2) is 6.29 Å². The first-order chi connectivity index (χ1) is 7.18. The lowest BCUT2D eigenvalue weighted by Gasteiger charge is -2.20. The number of hydrogen-bond acceptors (Lipinski definition) is 4. The SMILES string of the molecule is CC1(c2ccccc2)N=NC(S)=C1C=O. The van der Waals surface area contributed by atoms with E-state index in [1.165, 1.54) is 0 Å². The highest BCUT2D eigenvalue weighted by molar-refractivity contribution is 7.84. The molecule has 76 valence electrons. The first-order valence-corrected chi connectivity index (χ1v) is 5.00. The van der Waals surface area contributed by atoms with Crippen LogP contribution >= 0.6 is 12.6 Å². The number of thiol groups is 1. The second-order valence-corrected chi connectivity index (χ2v) is 3.92. The quantitative estimate of drug-likeness (QED) is 0.602. The van der Waals surface area contributed by atoms with Gasteiger partial charge in [-0.25, -0.2) is 0 Å². The van der Waals surface area contributed by atoms with Crippen molar-refractivity contribution < 1.29 is 4.79 Å². The Bertz CT molecular complexity index is 453. The molecule has 0 N–H and O–H groups in total. The van der Waals surface area contributed by atoms with Gasteiger partial charge in [0.25, 0.3) is 0 Å². The molecule has 0 aromatic heterocycles.